The number of carbonyl (C=O) groups is 1. The van der Waals surface area contributed by atoms with E-state index in [0.717, 1.165) is 12.8 Å². The highest BCUT2D eigenvalue weighted by atomic mass is 32.2. The minimum absolute atomic E-state index is 0.0961. The van der Waals surface area contributed by atoms with E-state index < -0.39 is 15.7 Å². The Labute approximate surface area is 203 Å². The number of nitrogens with one attached hydrogen (secondary N) is 1. The first kappa shape index (κ1) is 24.9. The maximum Gasteiger partial charge on any atom is 0.318 e. The summed E-state index contributed by atoms with van der Waals surface area (Å²) in [5.74, 6) is -0.150. The molecule has 3 aromatic rings. The Hall–Kier alpha value is -3.18. The fourth-order valence-electron chi connectivity index (χ4n) is 4.07. The number of sulfone groups is 1. The molecule has 1 N–H and O–H groups in total. The highest BCUT2D eigenvalue weighted by Gasteiger charge is 2.28. The minimum Gasteiger partial charge on any atom is -0.467 e. The highest BCUT2D eigenvalue weighted by molar-refractivity contribution is 7.90. The second-order valence-electron chi connectivity index (χ2n) is 8.43. The van der Waals surface area contributed by atoms with Crippen molar-refractivity contribution in [2.75, 3.05) is 13.2 Å². The number of carbonyl (C=O) groups excluding carboxylic acids is 1. The first-order valence-corrected chi connectivity index (χ1v) is 13.2. The van der Waals surface area contributed by atoms with Crippen molar-refractivity contribution in [1.29, 1.82) is 0 Å². The van der Waals surface area contributed by atoms with Gasteiger partial charge in [-0.3, -0.25) is 0 Å². The molecule has 4 rings (SSSR count). The molecule has 0 bridgehead atoms. The molecular formula is C24H29FN4O5S. The van der Waals surface area contributed by atoms with Gasteiger partial charge in [0.15, 0.2) is 0 Å². The normalized spacial score (nSPS) is 15.9. The Morgan fingerprint density at radius 2 is 2.06 bits per heavy atom. The summed E-state index contributed by atoms with van der Waals surface area (Å²) >= 11 is 0. The first-order chi connectivity index (χ1) is 16.9. The van der Waals surface area contributed by atoms with Gasteiger partial charge in [-0.1, -0.05) is 12.1 Å². The van der Waals surface area contributed by atoms with Crippen molar-refractivity contribution >= 4 is 15.9 Å². The number of rotatable bonds is 10. The molecule has 0 saturated carbocycles. The van der Waals surface area contributed by atoms with Crippen molar-refractivity contribution in [1.82, 2.24) is 19.8 Å². The number of hydrogen-bond acceptors (Lipinski definition) is 6. The average Bonchev–Trinajstić information content (AvgIpc) is 3.59. The molecule has 0 radical (unpaired) electrons. The van der Waals surface area contributed by atoms with E-state index in [9.17, 15) is 17.6 Å². The van der Waals surface area contributed by atoms with Gasteiger partial charge in [-0.25, -0.2) is 22.6 Å². The van der Waals surface area contributed by atoms with Gasteiger partial charge >= 0.3 is 6.03 Å². The number of benzene rings is 1. The van der Waals surface area contributed by atoms with Crippen LogP contribution in [-0.2, 0) is 40.0 Å². The zero-order valence-electron chi connectivity index (χ0n) is 19.5. The second kappa shape index (κ2) is 11.0. The van der Waals surface area contributed by atoms with E-state index in [1.165, 1.54) is 36.7 Å². The van der Waals surface area contributed by atoms with E-state index in [-0.39, 0.29) is 36.1 Å². The Morgan fingerprint density at radius 3 is 2.71 bits per heavy atom. The van der Waals surface area contributed by atoms with Gasteiger partial charge in [0.25, 0.3) is 0 Å². The molecule has 1 aromatic carbocycles. The molecule has 2 aromatic heterocycles. The SMILES string of the molecule is CCNC(=O)N(Cc1ccco1)Cc1cnc(S(=O)(=O)Cc2ccc(F)cc2)n1C[C@H]1CCCO1. The monoisotopic (exact) mass is 504 g/mol. The van der Waals surface area contributed by atoms with Crippen LogP contribution in [0.5, 0.6) is 0 Å². The molecule has 2 amide bonds. The van der Waals surface area contributed by atoms with Crippen molar-refractivity contribution in [3.63, 3.8) is 0 Å². The molecule has 1 saturated heterocycles. The summed E-state index contributed by atoms with van der Waals surface area (Å²) in [5.41, 5.74) is 1.03. The lowest BCUT2D eigenvalue weighted by Gasteiger charge is -2.23. The zero-order chi connectivity index (χ0) is 24.8. The van der Waals surface area contributed by atoms with Crippen LogP contribution in [0.4, 0.5) is 9.18 Å². The molecule has 1 aliphatic rings. The maximum atomic E-state index is 13.3. The fourth-order valence-corrected chi connectivity index (χ4v) is 5.57. The number of aromatic nitrogens is 2. The third kappa shape index (κ3) is 6.29. The predicted molar refractivity (Wildman–Crippen MR) is 126 cm³/mol. The molecule has 9 nitrogen and oxygen atoms in total. The van der Waals surface area contributed by atoms with Gasteiger partial charge in [0.1, 0.15) is 11.6 Å². The number of imidazole rings is 1. The molecule has 11 heteroatoms. The number of furan rings is 1. The standard InChI is InChI=1S/C24H29FN4O5S/c1-2-26-23(30)28(15-21-5-3-11-33-21)14-20-13-27-24(29(20)16-22-6-4-12-34-22)35(31,32)17-18-7-9-19(25)10-8-18/h3,5,7-11,13,22H,2,4,6,12,14-17H2,1H3,(H,26,30)/t22-/m1/s1. The van der Waals surface area contributed by atoms with E-state index in [4.69, 9.17) is 9.15 Å². The number of ether oxygens (including phenoxy) is 1. The fraction of sp³-hybridized carbons (Fsp3) is 0.417. The maximum absolute atomic E-state index is 13.3. The van der Waals surface area contributed by atoms with Gasteiger partial charge in [-0.15, -0.1) is 0 Å². The lowest BCUT2D eigenvalue weighted by Crippen LogP contribution is -2.39. The van der Waals surface area contributed by atoms with E-state index in [0.29, 0.717) is 36.7 Å². The quantitative estimate of drug-likeness (QED) is 0.453. The van der Waals surface area contributed by atoms with Gasteiger partial charge < -0.3 is 23.9 Å². The molecule has 1 atom stereocenters. The van der Waals surface area contributed by atoms with Crippen LogP contribution in [0.3, 0.4) is 0 Å². The lowest BCUT2D eigenvalue weighted by molar-refractivity contribution is 0.0934. The van der Waals surface area contributed by atoms with Crippen molar-refractivity contribution < 1.29 is 26.8 Å². The van der Waals surface area contributed by atoms with Crippen LogP contribution in [0.25, 0.3) is 0 Å². The molecule has 188 valence electrons. The van der Waals surface area contributed by atoms with E-state index in [2.05, 4.69) is 10.3 Å². The van der Waals surface area contributed by atoms with E-state index in [1.807, 2.05) is 6.92 Å². The molecular weight excluding hydrogens is 475 g/mol. The average molecular weight is 505 g/mol. The molecule has 0 spiro atoms. The second-order valence-corrected chi connectivity index (χ2v) is 10.3. The van der Waals surface area contributed by atoms with E-state index in [1.54, 1.807) is 21.6 Å². The molecule has 35 heavy (non-hydrogen) atoms. The number of nitrogens with zero attached hydrogens (tertiary/aromatic N) is 3. The highest BCUT2D eigenvalue weighted by Crippen LogP contribution is 2.23. The van der Waals surface area contributed by atoms with Gasteiger partial charge in [-0.05, 0) is 49.6 Å². The third-order valence-electron chi connectivity index (χ3n) is 5.75. The Balaban J connectivity index is 1.65. The molecule has 1 fully saturated rings. The third-order valence-corrected chi connectivity index (χ3v) is 7.35. The predicted octanol–water partition coefficient (Wildman–Crippen LogP) is 3.50. The largest absolute Gasteiger partial charge is 0.467 e. The van der Waals surface area contributed by atoms with Gasteiger partial charge in [0.05, 0.1) is 49.6 Å². The smallest absolute Gasteiger partial charge is 0.318 e. The Kier molecular flexibility index (Phi) is 7.86. The van der Waals surface area contributed by atoms with Crippen LogP contribution in [-0.4, -0.2) is 48.2 Å². The summed E-state index contributed by atoms with van der Waals surface area (Å²) in [6, 6.07) is 8.57. The summed E-state index contributed by atoms with van der Waals surface area (Å²) in [6.45, 7) is 3.53. The van der Waals surface area contributed by atoms with Crippen molar-refractivity contribution in [3.8, 4) is 0 Å². The summed E-state index contributed by atoms with van der Waals surface area (Å²) in [7, 11) is -3.86. The van der Waals surface area contributed by atoms with Crippen LogP contribution >= 0.6 is 0 Å². The van der Waals surface area contributed by atoms with Crippen molar-refractivity contribution in [2.24, 2.45) is 0 Å². The van der Waals surface area contributed by atoms with Crippen LogP contribution in [0.1, 0.15) is 36.8 Å². The van der Waals surface area contributed by atoms with Crippen LogP contribution < -0.4 is 5.32 Å². The van der Waals surface area contributed by atoms with Crippen LogP contribution in [0, 0.1) is 5.82 Å². The summed E-state index contributed by atoms with van der Waals surface area (Å²) in [6.07, 6.45) is 4.58. The molecule has 3 heterocycles. The van der Waals surface area contributed by atoms with Gasteiger partial charge in [0.2, 0.25) is 15.0 Å². The minimum atomic E-state index is -3.86. The number of hydrogen-bond donors (Lipinski definition) is 1. The van der Waals surface area contributed by atoms with Crippen LogP contribution in [0.15, 0.2) is 58.4 Å². The zero-order valence-corrected chi connectivity index (χ0v) is 20.3. The Bertz CT molecular complexity index is 1220. The lowest BCUT2D eigenvalue weighted by atomic mass is 10.2. The summed E-state index contributed by atoms with van der Waals surface area (Å²) < 4.78 is 52.8. The Morgan fingerprint density at radius 1 is 1.26 bits per heavy atom. The van der Waals surface area contributed by atoms with E-state index >= 15 is 0 Å². The molecule has 0 aliphatic carbocycles. The number of urea groups is 1. The molecule has 1 aliphatic heterocycles. The number of halogens is 1. The topological polar surface area (TPSA) is 107 Å². The summed E-state index contributed by atoms with van der Waals surface area (Å²) in [4.78, 5) is 18.6. The van der Waals surface area contributed by atoms with Gasteiger partial charge in [0, 0.05) is 13.2 Å². The molecule has 0 unspecified atom stereocenters. The summed E-state index contributed by atoms with van der Waals surface area (Å²) in [5, 5.41) is 2.69. The van der Waals surface area contributed by atoms with Crippen LogP contribution in [0.2, 0.25) is 0 Å². The van der Waals surface area contributed by atoms with Crippen molar-refractivity contribution in [2.45, 2.75) is 56.4 Å². The number of amides is 2. The van der Waals surface area contributed by atoms with Crippen molar-refractivity contribution in [3.05, 3.63) is 71.7 Å². The van der Waals surface area contributed by atoms with Gasteiger partial charge in [-0.2, -0.15) is 0 Å². The first-order valence-electron chi connectivity index (χ1n) is 11.5.